The molecular weight excluding hydrogens is 358 g/mol. The molecule has 0 aliphatic rings. The van der Waals surface area contributed by atoms with Gasteiger partial charge in [-0.2, -0.15) is 0 Å². The number of carbonyl (C=O) groups is 2. The van der Waals surface area contributed by atoms with E-state index in [0.717, 1.165) is 5.69 Å². The van der Waals surface area contributed by atoms with Gasteiger partial charge in [-0.3, -0.25) is 9.59 Å². The van der Waals surface area contributed by atoms with Crippen LogP contribution < -0.4 is 20.7 Å². The second-order valence-corrected chi connectivity index (χ2v) is 5.83. The van der Waals surface area contributed by atoms with Gasteiger partial charge in [0.05, 0.1) is 12.8 Å². The Morgan fingerprint density at radius 3 is 2.29 bits per heavy atom. The van der Waals surface area contributed by atoms with Gasteiger partial charge in [-0.1, -0.05) is 12.1 Å². The zero-order chi connectivity index (χ0) is 19.9. The zero-order valence-corrected chi connectivity index (χ0v) is 15.4. The summed E-state index contributed by atoms with van der Waals surface area (Å²) in [6.07, 6.45) is 1.31. The Labute approximate surface area is 162 Å². The van der Waals surface area contributed by atoms with E-state index >= 15 is 0 Å². The predicted molar refractivity (Wildman–Crippen MR) is 107 cm³/mol. The molecule has 0 bridgehead atoms. The number of methoxy groups -OCH3 is 1. The lowest BCUT2D eigenvalue weighted by molar-refractivity contribution is -0.114. The quantitative estimate of drug-likeness (QED) is 0.608. The lowest BCUT2D eigenvalue weighted by atomic mass is 10.2. The third-order valence-electron chi connectivity index (χ3n) is 3.73. The van der Waals surface area contributed by atoms with Crippen LogP contribution in [0.5, 0.6) is 5.75 Å². The highest BCUT2D eigenvalue weighted by molar-refractivity contribution is 6.03. The summed E-state index contributed by atoms with van der Waals surface area (Å²) in [7, 11) is 1.58. The molecule has 1 aromatic heterocycles. The van der Waals surface area contributed by atoms with Gasteiger partial charge in [0.25, 0.3) is 5.91 Å². The summed E-state index contributed by atoms with van der Waals surface area (Å²) in [6.45, 7) is 1.43. The van der Waals surface area contributed by atoms with Crippen LogP contribution in [-0.4, -0.2) is 28.9 Å². The minimum atomic E-state index is -0.377. The zero-order valence-electron chi connectivity index (χ0n) is 15.4. The van der Waals surface area contributed by atoms with Crippen LogP contribution in [0.1, 0.15) is 17.4 Å². The van der Waals surface area contributed by atoms with Crippen LogP contribution in [0.15, 0.2) is 60.9 Å². The Kier molecular flexibility index (Phi) is 5.81. The van der Waals surface area contributed by atoms with E-state index in [1.165, 1.54) is 13.3 Å². The van der Waals surface area contributed by atoms with Crippen LogP contribution >= 0.6 is 0 Å². The molecule has 1 heterocycles. The third kappa shape index (κ3) is 4.82. The Balaban J connectivity index is 1.71. The molecule has 0 saturated heterocycles. The van der Waals surface area contributed by atoms with Gasteiger partial charge in [0.2, 0.25) is 5.91 Å². The standard InChI is InChI=1S/C20H19N5O3/c1-13(26)23-14-7-9-15(10-8-14)24-20(27)17-11-19(22-12-21-17)25-16-5-3-4-6-18(16)28-2/h3-12H,1-2H3,(H,23,26)(H,24,27)(H,21,22,25). The number of aromatic nitrogens is 2. The number of amides is 2. The molecule has 0 aliphatic carbocycles. The van der Waals surface area contributed by atoms with Gasteiger partial charge in [0.1, 0.15) is 23.6 Å². The molecule has 2 amide bonds. The summed E-state index contributed by atoms with van der Waals surface area (Å²) in [4.78, 5) is 31.7. The highest BCUT2D eigenvalue weighted by Crippen LogP contribution is 2.26. The molecule has 0 radical (unpaired) electrons. The van der Waals surface area contributed by atoms with E-state index in [0.29, 0.717) is 22.9 Å². The number of nitrogens with zero attached hydrogens (tertiary/aromatic N) is 2. The normalized spacial score (nSPS) is 10.1. The van der Waals surface area contributed by atoms with Gasteiger partial charge in [-0.25, -0.2) is 9.97 Å². The number of hydrogen-bond donors (Lipinski definition) is 3. The molecule has 0 unspecified atom stereocenters. The van der Waals surface area contributed by atoms with Crippen LogP contribution in [0.4, 0.5) is 22.9 Å². The number of benzene rings is 2. The van der Waals surface area contributed by atoms with Crippen molar-refractivity contribution in [3.8, 4) is 5.75 Å². The van der Waals surface area contributed by atoms with E-state index in [1.54, 1.807) is 37.4 Å². The fourth-order valence-corrected chi connectivity index (χ4v) is 2.47. The van der Waals surface area contributed by atoms with Crippen molar-refractivity contribution in [1.29, 1.82) is 0 Å². The van der Waals surface area contributed by atoms with Gasteiger partial charge < -0.3 is 20.7 Å². The monoisotopic (exact) mass is 377 g/mol. The van der Waals surface area contributed by atoms with Crippen molar-refractivity contribution in [2.24, 2.45) is 0 Å². The number of para-hydroxylation sites is 2. The van der Waals surface area contributed by atoms with E-state index < -0.39 is 0 Å². The lowest BCUT2D eigenvalue weighted by Crippen LogP contribution is -2.14. The van der Waals surface area contributed by atoms with Crippen molar-refractivity contribution in [2.75, 3.05) is 23.1 Å². The lowest BCUT2D eigenvalue weighted by Gasteiger charge is -2.11. The number of hydrogen-bond acceptors (Lipinski definition) is 6. The smallest absolute Gasteiger partial charge is 0.274 e. The Hall–Kier alpha value is -3.94. The minimum absolute atomic E-state index is 0.159. The van der Waals surface area contributed by atoms with Crippen molar-refractivity contribution in [1.82, 2.24) is 9.97 Å². The van der Waals surface area contributed by atoms with Gasteiger partial charge in [0, 0.05) is 24.4 Å². The van der Waals surface area contributed by atoms with Crippen LogP contribution in [0.25, 0.3) is 0 Å². The number of nitrogens with one attached hydrogen (secondary N) is 3. The molecule has 3 rings (SSSR count). The second-order valence-electron chi connectivity index (χ2n) is 5.83. The van der Waals surface area contributed by atoms with E-state index in [1.807, 2.05) is 24.3 Å². The van der Waals surface area contributed by atoms with Crippen LogP contribution in [0.3, 0.4) is 0 Å². The Morgan fingerprint density at radius 2 is 1.61 bits per heavy atom. The highest BCUT2D eigenvalue weighted by Gasteiger charge is 2.11. The van der Waals surface area contributed by atoms with Gasteiger partial charge >= 0.3 is 0 Å². The van der Waals surface area contributed by atoms with Crippen molar-refractivity contribution >= 4 is 34.7 Å². The van der Waals surface area contributed by atoms with Crippen molar-refractivity contribution in [3.63, 3.8) is 0 Å². The molecule has 8 nitrogen and oxygen atoms in total. The fourth-order valence-electron chi connectivity index (χ4n) is 2.47. The predicted octanol–water partition coefficient (Wildman–Crippen LogP) is 3.44. The first-order valence-electron chi connectivity index (χ1n) is 8.46. The molecule has 28 heavy (non-hydrogen) atoms. The van der Waals surface area contributed by atoms with Gasteiger partial charge in [-0.15, -0.1) is 0 Å². The number of anilines is 4. The topological polar surface area (TPSA) is 105 Å². The van der Waals surface area contributed by atoms with E-state index in [2.05, 4.69) is 25.9 Å². The number of ether oxygens (including phenoxy) is 1. The first-order valence-corrected chi connectivity index (χ1v) is 8.46. The third-order valence-corrected chi connectivity index (χ3v) is 3.73. The molecule has 2 aromatic carbocycles. The highest BCUT2D eigenvalue weighted by atomic mass is 16.5. The summed E-state index contributed by atoms with van der Waals surface area (Å²) in [6, 6.07) is 15.7. The summed E-state index contributed by atoms with van der Waals surface area (Å²) < 4.78 is 5.30. The summed E-state index contributed by atoms with van der Waals surface area (Å²) >= 11 is 0. The Morgan fingerprint density at radius 1 is 0.929 bits per heavy atom. The maximum Gasteiger partial charge on any atom is 0.274 e. The van der Waals surface area contributed by atoms with Crippen molar-refractivity contribution < 1.29 is 14.3 Å². The molecule has 3 N–H and O–H groups in total. The fraction of sp³-hybridized carbons (Fsp3) is 0.100. The van der Waals surface area contributed by atoms with Crippen LogP contribution in [0, 0.1) is 0 Å². The summed E-state index contributed by atoms with van der Waals surface area (Å²) in [5.41, 5.74) is 2.16. The Bertz CT molecular complexity index is 989. The number of rotatable bonds is 6. The molecule has 0 aliphatic heterocycles. The molecule has 3 aromatic rings. The largest absolute Gasteiger partial charge is 0.495 e. The number of carbonyl (C=O) groups excluding carboxylic acids is 2. The molecule has 142 valence electrons. The van der Waals surface area contributed by atoms with Gasteiger partial charge in [0.15, 0.2) is 0 Å². The van der Waals surface area contributed by atoms with Crippen molar-refractivity contribution in [3.05, 3.63) is 66.6 Å². The van der Waals surface area contributed by atoms with Crippen LogP contribution in [-0.2, 0) is 4.79 Å². The maximum atomic E-state index is 12.5. The maximum absolute atomic E-state index is 12.5. The van der Waals surface area contributed by atoms with Gasteiger partial charge in [-0.05, 0) is 36.4 Å². The molecule has 0 atom stereocenters. The molecule has 8 heteroatoms. The van der Waals surface area contributed by atoms with Crippen molar-refractivity contribution in [2.45, 2.75) is 6.92 Å². The van der Waals surface area contributed by atoms with E-state index in [4.69, 9.17) is 4.74 Å². The average Bonchev–Trinajstić information content (AvgIpc) is 2.70. The minimum Gasteiger partial charge on any atom is -0.495 e. The average molecular weight is 377 g/mol. The molecule has 0 spiro atoms. The SMILES string of the molecule is COc1ccccc1Nc1cc(C(=O)Nc2ccc(NC(C)=O)cc2)ncn1. The van der Waals surface area contributed by atoms with E-state index in [9.17, 15) is 9.59 Å². The molecule has 0 saturated carbocycles. The first kappa shape index (κ1) is 18.8. The van der Waals surface area contributed by atoms with E-state index in [-0.39, 0.29) is 17.5 Å². The molecule has 0 fully saturated rings. The molecular formula is C20H19N5O3. The first-order chi connectivity index (χ1) is 13.5. The second kappa shape index (κ2) is 8.63. The summed E-state index contributed by atoms with van der Waals surface area (Å²) in [5.74, 6) is 0.586. The summed E-state index contributed by atoms with van der Waals surface area (Å²) in [5, 5.41) is 8.54. The van der Waals surface area contributed by atoms with Crippen LogP contribution in [0.2, 0.25) is 0 Å².